The summed E-state index contributed by atoms with van der Waals surface area (Å²) in [7, 11) is 11.9. The molecule has 0 aliphatic heterocycles. The minimum Gasteiger partial charge on any atom is -0.384 e. The van der Waals surface area contributed by atoms with Crippen molar-refractivity contribution in [3.8, 4) is 0 Å². The van der Waals surface area contributed by atoms with Gasteiger partial charge in [-0.1, -0.05) is 72.0 Å². The fraction of sp³-hybridized carbons (Fsp3) is 0.462. The van der Waals surface area contributed by atoms with E-state index in [1.165, 1.54) is 19.4 Å². The lowest BCUT2D eigenvalue weighted by atomic mass is 10.2. The lowest BCUT2D eigenvalue weighted by Crippen LogP contribution is -2.34. The van der Waals surface area contributed by atoms with Crippen LogP contribution in [0.4, 0.5) is 0 Å². The molecule has 4 nitrogen and oxygen atoms in total. The molecule has 2 radical (unpaired) electrons. The maximum absolute atomic E-state index is 6.02. The van der Waals surface area contributed by atoms with Crippen LogP contribution in [-0.4, -0.2) is 64.7 Å². The number of thiazole rings is 2. The maximum Gasteiger partial charge on any atom is 0.100 e. The summed E-state index contributed by atoms with van der Waals surface area (Å²) in [6.07, 6.45) is 0. The Hall–Kier alpha value is 0.324. The molecular formula is C26H34N2O2S7Si2. The molecule has 4 atom stereocenters. The van der Waals surface area contributed by atoms with E-state index in [0.717, 1.165) is 22.5 Å². The first-order chi connectivity index (χ1) is 18.9. The van der Waals surface area contributed by atoms with Gasteiger partial charge in [-0.05, 0) is 53.7 Å². The first-order valence-electron chi connectivity index (χ1n) is 12.5. The maximum atomic E-state index is 6.02. The van der Waals surface area contributed by atoms with Gasteiger partial charge in [0, 0.05) is 37.6 Å². The van der Waals surface area contributed by atoms with Gasteiger partial charge in [0.25, 0.3) is 0 Å². The molecule has 2 aromatic heterocycles. The number of para-hydroxylation sites is 2. The largest absolute Gasteiger partial charge is 0.384 e. The van der Waals surface area contributed by atoms with Gasteiger partial charge in [0.2, 0.25) is 0 Å². The Bertz CT molecular complexity index is 1140. The topological polar surface area (TPSA) is 44.2 Å². The highest BCUT2D eigenvalue weighted by Crippen LogP contribution is 2.51. The van der Waals surface area contributed by atoms with E-state index in [1.807, 2.05) is 88.0 Å². The highest BCUT2D eigenvalue weighted by molar-refractivity contribution is 9.35. The van der Waals surface area contributed by atoms with Crippen molar-refractivity contribution in [2.75, 3.05) is 25.7 Å². The standard InChI is InChI=1S/C26H34N2O2S7Si2/c1-29-25(38(3)4)17(23-27-19-11-7-9-13-21(19)33-23)15-31-35-37-36-32-16-18(26(30-2)39(5)6)24-28-20-12-8-10-14-22(20)34-24/h7-14,17-18,25-26H,15-16H2,1-6H3. The summed E-state index contributed by atoms with van der Waals surface area (Å²) in [5, 5.41) is 2.41. The number of rotatable bonds is 16. The van der Waals surface area contributed by atoms with Crippen LogP contribution in [0.15, 0.2) is 48.5 Å². The van der Waals surface area contributed by atoms with Crippen molar-refractivity contribution in [1.82, 2.24) is 9.97 Å². The molecule has 2 aromatic carbocycles. The van der Waals surface area contributed by atoms with Crippen molar-refractivity contribution in [2.45, 2.75) is 49.5 Å². The molecule has 0 saturated heterocycles. The van der Waals surface area contributed by atoms with E-state index in [2.05, 4.69) is 74.7 Å². The molecule has 0 saturated carbocycles. The fourth-order valence-corrected chi connectivity index (χ4v) is 19.8. The average molecular weight is 687 g/mol. The molecule has 39 heavy (non-hydrogen) atoms. The second kappa shape index (κ2) is 16.2. The van der Waals surface area contributed by atoms with Gasteiger partial charge < -0.3 is 9.47 Å². The first-order valence-corrected chi connectivity index (χ1v) is 25.8. The third kappa shape index (κ3) is 8.68. The molecule has 4 aromatic rings. The molecule has 13 heteroatoms. The van der Waals surface area contributed by atoms with Gasteiger partial charge in [-0.2, -0.15) is 0 Å². The van der Waals surface area contributed by atoms with Crippen molar-refractivity contribution in [3.05, 3.63) is 58.5 Å². The summed E-state index contributed by atoms with van der Waals surface area (Å²) in [4.78, 5) is 9.99. The quantitative estimate of drug-likeness (QED) is 0.0651. The number of hydrogen-bond acceptors (Lipinski definition) is 11. The predicted octanol–water partition coefficient (Wildman–Crippen LogP) is 9.72. The number of hydrogen-bond donors (Lipinski definition) is 0. The monoisotopic (exact) mass is 686 g/mol. The lowest BCUT2D eigenvalue weighted by Gasteiger charge is -2.26. The van der Waals surface area contributed by atoms with Crippen LogP contribution in [-0.2, 0) is 9.47 Å². The fourth-order valence-electron chi connectivity index (χ4n) is 4.53. The van der Waals surface area contributed by atoms with Gasteiger partial charge in [0.05, 0.1) is 49.5 Å². The molecule has 0 N–H and O–H groups in total. The predicted molar refractivity (Wildman–Crippen MR) is 189 cm³/mol. The highest BCUT2D eigenvalue weighted by Gasteiger charge is 2.31. The summed E-state index contributed by atoms with van der Waals surface area (Å²) in [6.45, 7) is 9.36. The first kappa shape index (κ1) is 32.2. The Morgan fingerprint density at radius 3 is 1.44 bits per heavy atom. The Balaban J connectivity index is 1.32. The van der Waals surface area contributed by atoms with E-state index in [-0.39, 0.29) is 11.5 Å². The number of benzene rings is 2. The van der Waals surface area contributed by atoms with Crippen molar-refractivity contribution in [3.63, 3.8) is 0 Å². The van der Waals surface area contributed by atoms with Crippen LogP contribution in [0, 0.1) is 0 Å². The molecule has 0 fully saturated rings. The molecular weight excluding hydrogens is 653 g/mol. The third-order valence-electron chi connectivity index (χ3n) is 6.28. The average Bonchev–Trinajstić information content (AvgIpc) is 3.55. The van der Waals surface area contributed by atoms with Gasteiger partial charge in [-0.15, -0.1) is 22.7 Å². The second-order valence-electron chi connectivity index (χ2n) is 9.49. The SMILES string of the molecule is COC(C(CSSSSSCC(c1nc2ccccc2s1)C(OC)[Si](C)C)c1nc2ccccc2s1)[Si](C)C. The normalized spacial score (nSPS) is 15.4. The van der Waals surface area contributed by atoms with Gasteiger partial charge in [-0.25, -0.2) is 9.97 Å². The van der Waals surface area contributed by atoms with Crippen LogP contribution >= 0.6 is 73.7 Å². The molecule has 4 unspecified atom stereocenters. The van der Waals surface area contributed by atoms with Crippen LogP contribution in [0.3, 0.4) is 0 Å². The lowest BCUT2D eigenvalue weighted by molar-refractivity contribution is 0.144. The Kier molecular flexibility index (Phi) is 13.4. The van der Waals surface area contributed by atoms with Crippen molar-refractivity contribution >= 4 is 112 Å². The minimum absolute atomic E-state index is 0.246. The number of aromatic nitrogens is 2. The minimum atomic E-state index is -0.629. The molecule has 210 valence electrons. The Morgan fingerprint density at radius 1 is 0.667 bits per heavy atom. The zero-order valence-electron chi connectivity index (χ0n) is 22.9. The summed E-state index contributed by atoms with van der Waals surface area (Å²) in [5.41, 5.74) is 2.68. The van der Waals surface area contributed by atoms with Crippen molar-refractivity contribution < 1.29 is 9.47 Å². The van der Waals surface area contributed by atoms with Gasteiger partial charge in [0.15, 0.2) is 0 Å². The molecule has 2 heterocycles. The van der Waals surface area contributed by atoms with Crippen molar-refractivity contribution in [1.29, 1.82) is 0 Å². The third-order valence-corrected chi connectivity index (χ3v) is 20.9. The number of nitrogens with zero attached hydrogens (tertiary/aromatic N) is 2. The van der Waals surface area contributed by atoms with E-state index >= 15 is 0 Å². The van der Waals surface area contributed by atoms with Gasteiger partial charge in [-0.3, -0.25) is 0 Å². The van der Waals surface area contributed by atoms with E-state index in [4.69, 9.17) is 19.4 Å². The van der Waals surface area contributed by atoms with Crippen molar-refractivity contribution in [2.24, 2.45) is 0 Å². The van der Waals surface area contributed by atoms with E-state index in [1.54, 1.807) is 0 Å². The second-order valence-corrected chi connectivity index (χ2v) is 24.9. The van der Waals surface area contributed by atoms with Crippen LogP contribution in [0.5, 0.6) is 0 Å². The number of methoxy groups -OCH3 is 2. The summed E-state index contributed by atoms with van der Waals surface area (Å²) < 4.78 is 14.6. The zero-order valence-corrected chi connectivity index (χ0v) is 30.6. The van der Waals surface area contributed by atoms with Gasteiger partial charge >= 0.3 is 0 Å². The molecule has 0 amide bonds. The zero-order chi connectivity index (χ0) is 27.8. The van der Waals surface area contributed by atoms with E-state index in [0.29, 0.717) is 11.8 Å². The van der Waals surface area contributed by atoms with Gasteiger partial charge in [0.1, 0.15) is 10.0 Å². The Labute approximate surface area is 262 Å². The molecule has 0 spiro atoms. The van der Waals surface area contributed by atoms with Crippen LogP contribution in [0.25, 0.3) is 20.4 Å². The summed E-state index contributed by atoms with van der Waals surface area (Å²) in [6, 6.07) is 16.9. The Morgan fingerprint density at radius 2 is 1.08 bits per heavy atom. The van der Waals surface area contributed by atoms with E-state index in [9.17, 15) is 0 Å². The molecule has 0 bridgehead atoms. The van der Waals surface area contributed by atoms with Crippen LogP contribution in [0.2, 0.25) is 26.2 Å². The number of ether oxygens (including phenoxy) is 2. The molecule has 0 aliphatic carbocycles. The smallest absolute Gasteiger partial charge is 0.100 e. The van der Waals surface area contributed by atoms with Crippen LogP contribution < -0.4 is 0 Å². The summed E-state index contributed by atoms with van der Waals surface area (Å²) >= 11 is 3.64. The van der Waals surface area contributed by atoms with Crippen LogP contribution in [0.1, 0.15) is 21.9 Å². The molecule has 0 aliphatic rings. The summed E-state index contributed by atoms with van der Waals surface area (Å²) in [5.74, 6) is 2.61. The molecule has 4 rings (SSSR count). The highest BCUT2D eigenvalue weighted by atomic mass is 33.8. The van der Waals surface area contributed by atoms with E-state index < -0.39 is 17.6 Å². The number of fused-ring (bicyclic) bond motifs is 2.